The van der Waals surface area contributed by atoms with Gasteiger partial charge in [0.2, 0.25) is 11.8 Å². The van der Waals surface area contributed by atoms with E-state index >= 15 is 0 Å². The third-order valence-corrected chi connectivity index (χ3v) is 4.44. The smallest absolute Gasteiger partial charge is 0.227 e. The Morgan fingerprint density at radius 2 is 2.17 bits per heavy atom. The van der Waals surface area contributed by atoms with E-state index in [9.17, 15) is 4.79 Å². The molecular formula is C16H24N6O2. The maximum absolute atomic E-state index is 12.2. The Balaban J connectivity index is 1.49. The van der Waals surface area contributed by atoms with E-state index in [-0.39, 0.29) is 11.9 Å². The third-order valence-electron chi connectivity index (χ3n) is 4.44. The van der Waals surface area contributed by atoms with Crippen LogP contribution in [0.2, 0.25) is 0 Å². The molecule has 3 rings (SSSR count). The fourth-order valence-electron chi connectivity index (χ4n) is 3.07. The summed E-state index contributed by atoms with van der Waals surface area (Å²) in [4.78, 5) is 20.9. The summed E-state index contributed by atoms with van der Waals surface area (Å²) < 4.78 is 5.28. The normalized spacial score (nSPS) is 16.4. The maximum atomic E-state index is 12.2. The van der Waals surface area contributed by atoms with Gasteiger partial charge in [0.15, 0.2) is 11.6 Å². The highest BCUT2D eigenvalue weighted by Gasteiger charge is 2.23. The molecule has 0 aliphatic heterocycles. The molecule has 130 valence electrons. The lowest BCUT2D eigenvalue weighted by Crippen LogP contribution is -2.29. The number of carbonyl (C=O) groups excluding carboxylic acids is 1. The predicted molar refractivity (Wildman–Crippen MR) is 86.1 cm³/mol. The van der Waals surface area contributed by atoms with Crippen LogP contribution in [0.4, 0.5) is 0 Å². The first-order chi connectivity index (χ1) is 11.7. The van der Waals surface area contributed by atoms with E-state index in [0.29, 0.717) is 30.5 Å². The molecule has 1 saturated carbocycles. The van der Waals surface area contributed by atoms with Crippen LogP contribution in [-0.2, 0) is 11.2 Å². The molecule has 0 radical (unpaired) electrons. The third kappa shape index (κ3) is 3.98. The van der Waals surface area contributed by atoms with Gasteiger partial charge in [-0.2, -0.15) is 10.1 Å². The minimum Gasteiger partial charge on any atom is -0.346 e. The number of aromatic amines is 1. The van der Waals surface area contributed by atoms with Crippen LogP contribution in [0.5, 0.6) is 0 Å². The van der Waals surface area contributed by atoms with E-state index in [0.717, 1.165) is 30.9 Å². The molecular weight excluding hydrogens is 308 g/mol. The highest BCUT2D eigenvalue weighted by molar-refractivity contribution is 5.76. The molecule has 0 bridgehead atoms. The van der Waals surface area contributed by atoms with Crippen LogP contribution in [0.25, 0.3) is 0 Å². The minimum atomic E-state index is -0.181. The lowest BCUT2D eigenvalue weighted by atomic mass is 10.1. The van der Waals surface area contributed by atoms with Gasteiger partial charge in [0.05, 0.1) is 6.04 Å². The first-order valence-electron chi connectivity index (χ1n) is 8.66. The van der Waals surface area contributed by atoms with Crippen LogP contribution < -0.4 is 5.32 Å². The summed E-state index contributed by atoms with van der Waals surface area (Å²) >= 11 is 0. The van der Waals surface area contributed by atoms with Gasteiger partial charge in [-0.3, -0.25) is 9.89 Å². The van der Waals surface area contributed by atoms with Crippen LogP contribution in [0.15, 0.2) is 4.52 Å². The molecule has 0 unspecified atom stereocenters. The van der Waals surface area contributed by atoms with Crippen molar-refractivity contribution in [2.75, 3.05) is 0 Å². The number of hydrogen-bond donors (Lipinski definition) is 2. The Morgan fingerprint density at radius 1 is 1.38 bits per heavy atom. The van der Waals surface area contributed by atoms with Gasteiger partial charge in [-0.25, -0.2) is 4.98 Å². The number of aryl methyl sites for hydroxylation is 2. The highest BCUT2D eigenvalue weighted by atomic mass is 16.5. The Kier molecular flexibility index (Phi) is 5.22. The summed E-state index contributed by atoms with van der Waals surface area (Å²) in [5.74, 6) is 3.05. The zero-order valence-corrected chi connectivity index (χ0v) is 14.2. The van der Waals surface area contributed by atoms with Crippen molar-refractivity contribution in [1.29, 1.82) is 0 Å². The second-order valence-electron chi connectivity index (χ2n) is 6.34. The second-order valence-corrected chi connectivity index (χ2v) is 6.34. The average Bonchev–Trinajstić information content (AvgIpc) is 3.31. The SMILES string of the molecule is CC[C@H](NC(=O)CCc1nc(C2CCCC2)no1)c1n[nH]c(C)n1. The topological polar surface area (TPSA) is 110 Å². The molecule has 1 aliphatic carbocycles. The van der Waals surface area contributed by atoms with Crippen LogP contribution in [0.3, 0.4) is 0 Å². The summed E-state index contributed by atoms with van der Waals surface area (Å²) in [5.41, 5.74) is 0. The summed E-state index contributed by atoms with van der Waals surface area (Å²) in [7, 11) is 0. The zero-order chi connectivity index (χ0) is 16.9. The Hall–Kier alpha value is -2.25. The quantitative estimate of drug-likeness (QED) is 0.805. The summed E-state index contributed by atoms with van der Waals surface area (Å²) in [6.07, 6.45) is 6.23. The van der Waals surface area contributed by atoms with Gasteiger partial charge < -0.3 is 9.84 Å². The number of nitrogens with one attached hydrogen (secondary N) is 2. The van der Waals surface area contributed by atoms with Gasteiger partial charge in [0.25, 0.3) is 0 Å². The van der Waals surface area contributed by atoms with Crippen LogP contribution in [0.1, 0.15) is 80.8 Å². The first kappa shape index (κ1) is 16.6. The standard InChI is InChI=1S/C16H24N6O2/c1-3-12(16-17-10(2)20-21-16)18-13(23)8-9-14-19-15(22-24-14)11-6-4-5-7-11/h11-12H,3-9H2,1-2H3,(H,18,23)(H,17,20,21)/t12-/m0/s1. The molecule has 1 atom stereocenters. The summed E-state index contributed by atoms with van der Waals surface area (Å²) in [6.45, 7) is 3.82. The van der Waals surface area contributed by atoms with E-state index in [1.165, 1.54) is 12.8 Å². The molecule has 1 fully saturated rings. The number of nitrogens with zero attached hydrogens (tertiary/aromatic N) is 4. The first-order valence-corrected chi connectivity index (χ1v) is 8.66. The van der Waals surface area contributed by atoms with Crippen molar-refractivity contribution >= 4 is 5.91 Å². The molecule has 2 aromatic heterocycles. The number of aromatic nitrogens is 5. The largest absolute Gasteiger partial charge is 0.346 e. The number of carbonyl (C=O) groups is 1. The Morgan fingerprint density at radius 3 is 2.83 bits per heavy atom. The molecule has 0 aromatic carbocycles. The molecule has 8 nitrogen and oxygen atoms in total. The van der Waals surface area contributed by atoms with Crippen molar-refractivity contribution in [2.45, 2.75) is 70.8 Å². The molecule has 0 saturated heterocycles. The zero-order valence-electron chi connectivity index (χ0n) is 14.2. The maximum Gasteiger partial charge on any atom is 0.227 e. The van der Waals surface area contributed by atoms with Gasteiger partial charge in [-0.1, -0.05) is 24.9 Å². The van der Waals surface area contributed by atoms with E-state index in [2.05, 4.69) is 30.6 Å². The van der Waals surface area contributed by atoms with E-state index in [4.69, 9.17) is 4.52 Å². The van der Waals surface area contributed by atoms with E-state index in [1.807, 2.05) is 13.8 Å². The van der Waals surface area contributed by atoms with Crippen LogP contribution in [0, 0.1) is 6.92 Å². The average molecular weight is 332 g/mol. The van der Waals surface area contributed by atoms with Gasteiger partial charge in [-0.05, 0) is 26.2 Å². The predicted octanol–water partition coefficient (Wildman–Crippen LogP) is 2.35. The Labute approximate surface area is 140 Å². The van der Waals surface area contributed by atoms with Gasteiger partial charge in [0, 0.05) is 18.8 Å². The molecule has 1 amide bonds. The number of amides is 1. The van der Waals surface area contributed by atoms with Crippen LogP contribution >= 0.6 is 0 Å². The number of hydrogen-bond acceptors (Lipinski definition) is 6. The molecule has 1 aliphatic rings. The fourth-order valence-corrected chi connectivity index (χ4v) is 3.07. The van der Waals surface area contributed by atoms with Crippen molar-refractivity contribution in [3.63, 3.8) is 0 Å². The van der Waals surface area contributed by atoms with E-state index in [1.54, 1.807) is 0 Å². The van der Waals surface area contributed by atoms with Crippen molar-refractivity contribution in [3.8, 4) is 0 Å². The monoisotopic (exact) mass is 332 g/mol. The van der Waals surface area contributed by atoms with Crippen molar-refractivity contribution in [2.24, 2.45) is 0 Å². The van der Waals surface area contributed by atoms with Crippen molar-refractivity contribution in [3.05, 3.63) is 23.4 Å². The van der Waals surface area contributed by atoms with Crippen molar-refractivity contribution in [1.82, 2.24) is 30.6 Å². The summed E-state index contributed by atoms with van der Waals surface area (Å²) in [5, 5.41) is 13.9. The lowest BCUT2D eigenvalue weighted by Gasteiger charge is -2.13. The van der Waals surface area contributed by atoms with Gasteiger partial charge in [0.1, 0.15) is 5.82 Å². The molecule has 24 heavy (non-hydrogen) atoms. The minimum absolute atomic E-state index is 0.0649. The number of rotatable bonds is 7. The number of H-pyrrole nitrogens is 1. The summed E-state index contributed by atoms with van der Waals surface area (Å²) in [6, 6.07) is -0.181. The second kappa shape index (κ2) is 7.55. The molecule has 8 heteroatoms. The van der Waals surface area contributed by atoms with Gasteiger partial charge in [-0.15, -0.1) is 0 Å². The van der Waals surface area contributed by atoms with Gasteiger partial charge >= 0.3 is 0 Å². The molecule has 0 spiro atoms. The van der Waals surface area contributed by atoms with Crippen molar-refractivity contribution < 1.29 is 9.32 Å². The van der Waals surface area contributed by atoms with Crippen LogP contribution in [-0.4, -0.2) is 31.2 Å². The van der Waals surface area contributed by atoms with E-state index < -0.39 is 0 Å². The molecule has 2 heterocycles. The Bertz CT molecular complexity index is 674. The lowest BCUT2D eigenvalue weighted by molar-refractivity contribution is -0.122. The fraction of sp³-hybridized carbons (Fsp3) is 0.688. The molecule has 2 aromatic rings. The highest BCUT2D eigenvalue weighted by Crippen LogP contribution is 2.32. The molecule has 2 N–H and O–H groups in total.